The molecule has 2 bridgehead atoms. The SMILES string of the molecule is COc1ccc(S(C2CCCCC2)=P23[O][Al]([O]2)[S]3)cc1. The first-order chi connectivity index (χ1) is 9.81. The van der Waals surface area contributed by atoms with Crippen LogP contribution in [-0.4, -0.2) is 26.0 Å². The zero-order chi connectivity index (χ0) is 13.6. The second-order valence-electron chi connectivity index (χ2n) is 5.30. The Morgan fingerprint density at radius 3 is 2.35 bits per heavy atom. The van der Waals surface area contributed by atoms with Crippen LogP contribution in [0.3, 0.4) is 0 Å². The van der Waals surface area contributed by atoms with Gasteiger partial charge in [0.05, 0.1) is 7.11 Å². The zero-order valence-corrected chi connectivity index (χ0v) is 15.2. The Labute approximate surface area is 130 Å². The minimum atomic E-state index is -1.56. The first-order valence-electron chi connectivity index (χ1n) is 7.13. The lowest BCUT2D eigenvalue weighted by atomic mass is 10.0. The van der Waals surface area contributed by atoms with Crippen LogP contribution >= 0.6 is 15.4 Å². The highest BCUT2D eigenvalue weighted by Crippen LogP contribution is 2.87. The Morgan fingerprint density at radius 1 is 1.20 bits per heavy atom. The van der Waals surface area contributed by atoms with Crippen molar-refractivity contribution < 1.29 is 11.9 Å². The molecule has 3 nitrogen and oxygen atoms in total. The molecule has 4 fully saturated rings. The van der Waals surface area contributed by atoms with Gasteiger partial charge in [-0.05, 0) is 37.1 Å². The van der Waals surface area contributed by atoms with Gasteiger partial charge in [0.25, 0.3) is 0 Å². The average Bonchev–Trinajstić information content (AvgIpc) is 2.42. The van der Waals surface area contributed by atoms with E-state index >= 15 is 0 Å². The molecule has 1 aromatic carbocycles. The normalized spacial score (nSPS) is 25.6. The van der Waals surface area contributed by atoms with Gasteiger partial charge in [0, 0.05) is 10.1 Å². The minimum absolute atomic E-state index is 0.167. The van der Waals surface area contributed by atoms with E-state index in [2.05, 4.69) is 34.0 Å². The van der Waals surface area contributed by atoms with Crippen LogP contribution in [-0.2, 0) is 17.2 Å². The van der Waals surface area contributed by atoms with E-state index in [0.29, 0.717) is 0 Å². The van der Waals surface area contributed by atoms with E-state index in [1.54, 1.807) is 7.11 Å². The average molecular weight is 344 g/mol. The van der Waals surface area contributed by atoms with Crippen molar-refractivity contribution in [2.45, 2.75) is 42.2 Å². The maximum absolute atomic E-state index is 6.11. The molecule has 0 amide bonds. The molecule has 1 aliphatic carbocycles. The van der Waals surface area contributed by atoms with Gasteiger partial charge in [-0.25, -0.2) is 0 Å². The lowest BCUT2D eigenvalue weighted by Gasteiger charge is -2.54. The summed E-state index contributed by atoms with van der Waals surface area (Å²) < 4.78 is 17.5. The quantitative estimate of drug-likeness (QED) is 0.598. The Morgan fingerprint density at radius 2 is 1.85 bits per heavy atom. The summed E-state index contributed by atoms with van der Waals surface area (Å²) in [5.41, 5.74) is -1.56. The molecule has 1 aromatic rings. The molecule has 0 spiro atoms. The number of ether oxygens (including phenoxy) is 1. The van der Waals surface area contributed by atoms with Crippen LogP contribution in [0.15, 0.2) is 29.2 Å². The third-order valence-corrected chi connectivity index (χ3v) is 26.8. The van der Waals surface area contributed by atoms with E-state index < -0.39 is 19.4 Å². The fraction of sp³-hybridized carbons (Fsp3) is 0.538. The number of hydrogen-bond donors (Lipinski definition) is 0. The van der Waals surface area contributed by atoms with Crippen molar-refractivity contribution >= 4 is 39.2 Å². The molecule has 108 valence electrons. The Bertz CT molecular complexity index is 548. The molecule has 0 N–H and O–H groups in total. The zero-order valence-electron chi connectivity index (χ0n) is 11.5. The van der Waals surface area contributed by atoms with Crippen molar-refractivity contribution in [3.8, 4) is 5.75 Å². The molecule has 3 aliphatic heterocycles. The van der Waals surface area contributed by atoms with Gasteiger partial charge >= 0.3 is 13.7 Å². The lowest BCUT2D eigenvalue weighted by molar-refractivity contribution is 0.371. The summed E-state index contributed by atoms with van der Waals surface area (Å²) in [5.74, 6) is 0.931. The molecule has 4 aliphatic rings. The molecule has 3 heterocycles. The minimum Gasteiger partial charge on any atom is -0.497 e. The lowest BCUT2D eigenvalue weighted by Crippen LogP contribution is -2.41. The van der Waals surface area contributed by atoms with Crippen LogP contribution in [0, 0.1) is 0 Å². The molecule has 20 heavy (non-hydrogen) atoms. The van der Waals surface area contributed by atoms with Crippen LogP contribution in [0.25, 0.3) is 0 Å². The maximum Gasteiger partial charge on any atom is 0.786 e. The summed E-state index contributed by atoms with van der Waals surface area (Å²) in [7, 11) is 3.98. The van der Waals surface area contributed by atoms with Crippen LogP contribution in [0.2, 0.25) is 0 Å². The predicted octanol–water partition coefficient (Wildman–Crippen LogP) is 4.46. The number of hydrogen-bond acceptors (Lipinski definition) is 4. The summed E-state index contributed by atoms with van der Waals surface area (Å²) in [6, 6.07) is 8.61. The van der Waals surface area contributed by atoms with Gasteiger partial charge in [-0.1, -0.05) is 19.3 Å². The number of rotatable bonds is 3. The fourth-order valence-electron chi connectivity index (χ4n) is 2.99. The van der Waals surface area contributed by atoms with Crippen molar-refractivity contribution in [3.63, 3.8) is 0 Å². The maximum atomic E-state index is 6.11. The van der Waals surface area contributed by atoms with Gasteiger partial charge in [-0.15, -0.1) is 19.8 Å². The monoisotopic (exact) mass is 344 g/mol. The molecule has 1 unspecified atom stereocenters. The Kier molecular flexibility index (Phi) is 4.03. The number of benzene rings is 1. The van der Waals surface area contributed by atoms with Gasteiger partial charge < -0.3 is 11.9 Å². The second-order valence-corrected chi connectivity index (χ2v) is 18.9. The fourth-order valence-corrected chi connectivity index (χ4v) is 27.9. The van der Waals surface area contributed by atoms with Gasteiger partial charge in [-0.3, -0.25) is 0 Å². The van der Waals surface area contributed by atoms with Crippen molar-refractivity contribution in [1.82, 2.24) is 0 Å². The van der Waals surface area contributed by atoms with Gasteiger partial charge in [0.2, 0.25) is 0 Å². The largest absolute Gasteiger partial charge is 0.786 e. The Hall–Kier alpha value is 0.602. The van der Waals surface area contributed by atoms with Crippen molar-refractivity contribution in [2.75, 3.05) is 7.11 Å². The standard InChI is InChI=1S/C13H18O3PS2.Al/c1-16-11-7-9-13(10-8-11)19(17(14,15)18)12-5-3-2-4-6-12;/h7-10,12H,2-6H2,1H3;/q-3;+3. The summed E-state index contributed by atoms with van der Waals surface area (Å²) >= 11 is -1.19. The van der Waals surface area contributed by atoms with Gasteiger partial charge in [0.15, 0.2) is 0 Å². The van der Waals surface area contributed by atoms with Crippen molar-refractivity contribution in [2.24, 2.45) is 0 Å². The van der Waals surface area contributed by atoms with E-state index in [0.717, 1.165) is 11.0 Å². The molecular formula is C13H18AlO3PS2. The van der Waals surface area contributed by atoms with Crippen molar-refractivity contribution in [3.05, 3.63) is 24.3 Å². The molecule has 1 saturated carbocycles. The van der Waals surface area contributed by atoms with Gasteiger partial charge in [-0.2, -0.15) is 0 Å². The molecule has 3 saturated heterocycles. The molecule has 7 heteroatoms. The third-order valence-electron chi connectivity index (χ3n) is 4.06. The summed E-state index contributed by atoms with van der Waals surface area (Å²) in [5, 5.41) is 0.772. The van der Waals surface area contributed by atoms with E-state index in [-0.39, 0.29) is 10.1 Å². The van der Waals surface area contributed by atoms with Gasteiger partial charge in [0.1, 0.15) is 11.4 Å². The predicted molar refractivity (Wildman–Crippen MR) is 87.9 cm³/mol. The van der Waals surface area contributed by atoms with Crippen LogP contribution in [0.1, 0.15) is 32.1 Å². The first kappa shape index (κ1) is 14.2. The summed E-state index contributed by atoms with van der Waals surface area (Å²) in [6.45, 7) is 0. The molecule has 0 aromatic heterocycles. The smallest absolute Gasteiger partial charge is 0.497 e. The Balaban J connectivity index is 1.73. The third kappa shape index (κ3) is 2.34. The van der Waals surface area contributed by atoms with Crippen molar-refractivity contribution in [1.29, 1.82) is 0 Å². The molecule has 0 radical (unpaired) electrons. The topological polar surface area (TPSA) is 27.7 Å². The van der Waals surface area contributed by atoms with E-state index in [9.17, 15) is 0 Å². The molecule has 1 atom stereocenters. The second kappa shape index (κ2) is 5.67. The van der Waals surface area contributed by atoms with Crippen LogP contribution in [0.4, 0.5) is 0 Å². The summed E-state index contributed by atoms with van der Waals surface area (Å²) in [6.07, 6.45) is 6.83. The first-order valence-corrected chi connectivity index (χ1v) is 14.5. The van der Waals surface area contributed by atoms with Crippen LogP contribution in [0.5, 0.6) is 5.75 Å². The highest BCUT2D eigenvalue weighted by Gasteiger charge is 2.66. The molecule has 5 rings (SSSR count). The summed E-state index contributed by atoms with van der Waals surface area (Å²) in [4.78, 5) is 1.42. The molecular weight excluding hydrogens is 326 g/mol. The highest BCUT2D eigenvalue weighted by molar-refractivity contribution is 8.88. The van der Waals surface area contributed by atoms with E-state index in [1.807, 2.05) is 0 Å². The highest BCUT2D eigenvalue weighted by atomic mass is 33.0. The number of methoxy groups -OCH3 is 1. The van der Waals surface area contributed by atoms with E-state index in [4.69, 9.17) is 11.9 Å². The van der Waals surface area contributed by atoms with E-state index in [1.165, 1.54) is 37.0 Å². The van der Waals surface area contributed by atoms with Crippen LogP contribution < -0.4 is 4.74 Å².